The number of rotatable bonds is 3. The molecule has 5 nitrogen and oxygen atoms in total. The van der Waals surface area contributed by atoms with Gasteiger partial charge in [0.25, 0.3) is 5.91 Å². The smallest absolute Gasteiger partial charge is 0.323 e. The van der Waals surface area contributed by atoms with Gasteiger partial charge in [-0.05, 0) is 12.1 Å². The highest BCUT2D eigenvalue weighted by Gasteiger charge is 2.21. The number of carbonyl (C=O) groups excluding carboxylic acids is 1. The number of phenols is 1. The molecule has 0 unspecified atom stereocenters. The van der Waals surface area contributed by atoms with Crippen molar-refractivity contribution in [1.29, 1.82) is 0 Å². The Kier molecular flexibility index (Phi) is 3.44. The first-order valence-corrected chi connectivity index (χ1v) is 4.38. The van der Waals surface area contributed by atoms with Gasteiger partial charge < -0.3 is 15.1 Å². The van der Waals surface area contributed by atoms with E-state index in [0.717, 1.165) is 17.0 Å². The maximum atomic E-state index is 13.2. The summed E-state index contributed by atoms with van der Waals surface area (Å²) in [4.78, 5) is 22.8. The fourth-order valence-electron chi connectivity index (χ4n) is 1.19. The van der Waals surface area contributed by atoms with E-state index < -0.39 is 35.6 Å². The van der Waals surface area contributed by atoms with Crippen molar-refractivity contribution in [3.63, 3.8) is 0 Å². The third kappa shape index (κ3) is 2.47. The van der Waals surface area contributed by atoms with Crippen molar-refractivity contribution < 1.29 is 24.2 Å². The molecule has 0 aliphatic carbocycles. The highest BCUT2D eigenvalue weighted by molar-refractivity contribution is 5.98. The molecular weight excluding hydrogens is 217 g/mol. The molecule has 0 saturated carbocycles. The van der Waals surface area contributed by atoms with E-state index in [0.29, 0.717) is 0 Å². The molecule has 0 aliphatic heterocycles. The quantitative estimate of drug-likeness (QED) is 0.796. The first-order valence-electron chi connectivity index (χ1n) is 4.38. The monoisotopic (exact) mass is 227 g/mol. The molecule has 0 aliphatic rings. The minimum atomic E-state index is -1.22. The van der Waals surface area contributed by atoms with Crippen LogP contribution in [0.4, 0.5) is 4.39 Å². The topological polar surface area (TPSA) is 77.8 Å². The molecule has 0 fully saturated rings. The van der Waals surface area contributed by atoms with Crippen LogP contribution >= 0.6 is 0 Å². The first-order chi connectivity index (χ1) is 7.43. The van der Waals surface area contributed by atoms with Crippen molar-refractivity contribution in [2.24, 2.45) is 0 Å². The largest absolute Gasteiger partial charge is 0.507 e. The number of hydrogen-bond acceptors (Lipinski definition) is 3. The number of carboxylic acid groups (broad SMARTS) is 1. The number of phenolic OH excluding ortho intramolecular Hbond substituents is 1. The average molecular weight is 227 g/mol. The van der Waals surface area contributed by atoms with Gasteiger partial charge in [0.2, 0.25) is 0 Å². The van der Waals surface area contributed by atoms with Crippen molar-refractivity contribution in [3.05, 3.63) is 29.6 Å². The summed E-state index contributed by atoms with van der Waals surface area (Å²) in [6.45, 7) is -0.563. The molecule has 16 heavy (non-hydrogen) atoms. The lowest BCUT2D eigenvalue weighted by Gasteiger charge is -2.15. The Hall–Kier alpha value is -2.11. The predicted octanol–water partition coefficient (Wildman–Crippen LogP) is 0.688. The number of aromatic hydroxyl groups is 1. The predicted molar refractivity (Wildman–Crippen MR) is 52.7 cm³/mol. The maximum absolute atomic E-state index is 13.2. The van der Waals surface area contributed by atoms with E-state index in [1.165, 1.54) is 13.1 Å². The van der Waals surface area contributed by atoms with Crippen molar-refractivity contribution in [1.82, 2.24) is 4.90 Å². The Morgan fingerprint density at radius 1 is 1.44 bits per heavy atom. The van der Waals surface area contributed by atoms with Gasteiger partial charge in [0.05, 0.1) is 0 Å². The summed E-state index contributed by atoms with van der Waals surface area (Å²) in [5.74, 6) is -3.49. The summed E-state index contributed by atoms with van der Waals surface area (Å²) in [7, 11) is 1.21. The Bertz CT molecular complexity index is 413. The highest BCUT2D eigenvalue weighted by Crippen LogP contribution is 2.21. The van der Waals surface area contributed by atoms with Crippen molar-refractivity contribution >= 4 is 11.9 Å². The third-order valence-electron chi connectivity index (χ3n) is 1.92. The molecule has 1 aromatic carbocycles. The highest BCUT2D eigenvalue weighted by atomic mass is 19.1. The number of nitrogens with zero attached hydrogens (tertiary/aromatic N) is 1. The Balaban J connectivity index is 3.00. The van der Waals surface area contributed by atoms with Gasteiger partial charge in [-0.1, -0.05) is 6.07 Å². The number of benzene rings is 1. The van der Waals surface area contributed by atoms with E-state index in [9.17, 15) is 19.1 Å². The van der Waals surface area contributed by atoms with E-state index in [2.05, 4.69) is 0 Å². The third-order valence-corrected chi connectivity index (χ3v) is 1.92. The van der Waals surface area contributed by atoms with Gasteiger partial charge in [-0.25, -0.2) is 4.39 Å². The minimum Gasteiger partial charge on any atom is -0.507 e. The standard InChI is InChI=1S/C10H10FNO4/c1-12(5-8(14)15)10(16)9-6(11)3-2-4-7(9)13/h2-4,13H,5H2,1H3,(H,14,15). The summed E-state index contributed by atoms with van der Waals surface area (Å²) < 4.78 is 13.2. The molecule has 1 amide bonds. The summed E-state index contributed by atoms with van der Waals surface area (Å²) in [5.41, 5.74) is -0.522. The normalized spacial score (nSPS) is 9.88. The van der Waals surface area contributed by atoms with E-state index in [-0.39, 0.29) is 0 Å². The first kappa shape index (κ1) is 12.0. The van der Waals surface area contributed by atoms with Crippen LogP contribution in [0.15, 0.2) is 18.2 Å². The molecule has 0 bridgehead atoms. The summed E-state index contributed by atoms with van der Waals surface area (Å²) in [5, 5.41) is 17.8. The molecule has 0 atom stereocenters. The van der Waals surface area contributed by atoms with Crippen LogP contribution in [0.1, 0.15) is 10.4 Å². The van der Waals surface area contributed by atoms with Crippen molar-refractivity contribution in [2.45, 2.75) is 0 Å². The second-order valence-electron chi connectivity index (χ2n) is 3.19. The van der Waals surface area contributed by atoms with Crippen LogP contribution in [0.3, 0.4) is 0 Å². The number of carboxylic acids is 1. The molecule has 1 rings (SSSR count). The molecule has 0 heterocycles. The van der Waals surface area contributed by atoms with Gasteiger partial charge in [0, 0.05) is 7.05 Å². The number of halogens is 1. The van der Waals surface area contributed by atoms with Gasteiger partial charge >= 0.3 is 5.97 Å². The molecule has 0 radical (unpaired) electrons. The zero-order valence-electron chi connectivity index (χ0n) is 8.48. The lowest BCUT2D eigenvalue weighted by molar-refractivity contribution is -0.137. The van der Waals surface area contributed by atoms with E-state index in [1.54, 1.807) is 0 Å². The number of aliphatic carboxylic acids is 1. The van der Waals surface area contributed by atoms with Crippen molar-refractivity contribution in [2.75, 3.05) is 13.6 Å². The zero-order valence-corrected chi connectivity index (χ0v) is 8.48. The summed E-state index contributed by atoms with van der Waals surface area (Å²) >= 11 is 0. The van der Waals surface area contributed by atoms with Crippen LogP contribution in [-0.2, 0) is 4.79 Å². The fourth-order valence-corrected chi connectivity index (χ4v) is 1.19. The second-order valence-corrected chi connectivity index (χ2v) is 3.19. The van der Waals surface area contributed by atoms with Crippen LogP contribution in [-0.4, -0.2) is 40.6 Å². The van der Waals surface area contributed by atoms with Crippen LogP contribution in [0.2, 0.25) is 0 Å². The number of amides is 1. The maximum Gasteiger partial charge on any atom is 0.323 e. The second kappa shape index (κ2) is 4.61. The number of carbonyl (C=O) groups is 2. The molecule has 0 saturated heterocycles. The molecule has 2 N–H and O–H groups in total. The molecule has 6 heteroatoms. The lowest BCUT2D eigenvalue weighted by Crippen LogP contribution is -2.32. The Morgan fingerprint density at radius 3 is 2.56 bits per heavy atom. The van der Waals surface area contributed by atoms with E-state index >= 15 is 0 Å². The summed E-state index contributed by atoms with van der Waals surface area (Å²) in [6, 6.07) is 3.42. The van der Waals surface area contributed by atoms with Gasteiger partial charge in [0.15, 0.2) is 0 Å². The summed E-state index contributed by atoms with van der Waals surface area (Å²) in [6.07, 6.45) is 0. The van der Waals surface area contributed by atoms with Crippen molar-refractivity contribution in [3.8, 4) is 5.75 Å². The van der Waals surface area contributed by atoms with Crippen LogP contribution in [0, 0.1) is 5.82 Å². The molecular formula is C10H10FNO4. The molecule has 0 spiro atoms. The Labute approximate surface area is 90.7 Å². The zero-order chi connectivity index (χ0) is 12.3. The van der Waals surface area contributed by atoms with Gasteiger partial charge in [-0.2, -0.15) is 0 Å². The van der Waals surface area contributed by atoms with Crippen LogP contribution in [0.5, 0.6) is 5.75 Å². The molecule has 0 aromatic heterocycles. The fraction of sp³-hybridized carbons (Fsp3) is 0.200. The van der Waals surface area contributed by atoms with Gasteiger partial charge in [-0.3, -0.25) is 9.59 Å². The Morgan fingerprint density at radius 2 is 2.06 bits per heavy atom. The number of likely N-dealkylation sites (N-methyl/N-ethyl adjacent to an activating group) is 1. The van der Waals surface area contributed by atoms with E-state index in [1.807, 2.05) is 0 Å². The minimum absolute atomic E-state index is 0.512. The van der Waals surface area contributed by atoms with Gasteiger partial charge in [0.1, 0.15) is 23.7 Å². The number of hydrogen-bond donors (Lipinski definition) is 2. The average Bonchev–Trinajstić information content (AvgIpc) is 2.16. The van der Waals surface area contributed by atoms with E-state index in [4.69, 9.17) is 5.11 Å². The molecule has 1 aromatic rings. The van der Waals surface area contributed by atoms with Gasteiger partial charge in [-0.15, -0.1) is 0 Å². The SMILES string of the molecule is CN(CC(=O)O)C(=O)c1c(O)cccc1F. The van der Waals surface area contributed by atoms with Crippen LogP contribution < -0.4 is 0 Å². The lowest BCUT2D eigenvalue weighted by atomic mass is 10.1. The van der Waals surface area contributed by atoms with Crippen LogP contribution in [0.25, 0.3) is 0 Å². The molecule has 86 valence electrons.